The number of aryl methyl sites for hydroxylation is 1. The van der Waals surface area contributed by atoms with Crippen molar-refractivity contribution < 1.29 is 23.9 Å². The summed E-state index contributed by atoms with van der Waals surface area (Å²) in [5, 5.41) is 13.9. The summed E-state index contributed by atoms with van der Waals surface area (Å²) in [7, 11) is 0. The summed E-state index contributed by atoms with van der Waals surface area (Å²) in [6.07, 6.45) is 1.46. The van der Waals surface area contributed by atoms with Crippen molar-refractivity contribution >= 4 is 17.7 Å². The van der Waals surface area contributed by atoms with Crippen molar-refractivity contribution in [1.82, 2.24) is 15.1 Å². The number of carboxylic acids is 1. The van der Waals surface area contributed by atoms with Crippen LogP contribution in [-0.2, 0) is 20.9 Å². The smallest absolute Gasteiger partial charge is 0.300 e. The summed E-state index contributed by atoms with van der Waals surface area (Å²) in [6, 6.07) is 8.27. The zero-order valence-electron chi connectivity index (χ0n) is 19.4. The zero-order chi connectivity index (χ0) is 24.8. The number of aromatic nitrogens is 2. The Morgan fingerprint density at radius 3 is 2.31 bits per heavy atom. The lowest BCUT2D eigenvalue weighted by atomic mass is 10.0. The van der Waals surface area contributed by atoms with E-state index >= 15 is 0 Å². The molecule has 2 aromatic rings. The molecule has 2 rings (SSSR count). The van der Waals surface area contributed by atoms with E-state index in [1.807, 2.05) is 45.0 Å². The highest BCUT2D eigenvalue weighted by Crippen LogP contribution is 2.11. The molecule has 0 saturated carbocycles. The average Bonchev–Trinajstić information content (AvgIpc) is 2.75. The molecule has 32 heavy (non-hydrogen) atoms. The first-order chi connectivity index (χ1) is 15.1. The van der Waals surface area contributed by atoms with Crippen molar-refractivity contribution in [3.63, 3.8) is 0 Å². The van der Waals surface area contributed by atoms with Crippen LogP contribution in [0, 0.1) is 6.92 Å². The van der Waals surface area contributed by atoms with E-state index in [0.717, 1.165) is 18.1 Å². The Balaban J connectivity index is 0.00000144. The Bertz CT molecular complexity index is 955. The number of alkyl halides is 1. The molecule has 0 aliphatic carbocycles. The quantitative estimate of drug-likeness (QED) is 0.671. The molecule has 1 aromatic carbocycles. The number of hydrogen-bond acceptors (Lipinski definition) is 5. The van der Waals surface area contributed by atoms with E-state index in [4.69, 9.17) is 9.90 Å². The van der Waals surface area contributed by atoms with Crippen LogP contribution in [0.2, 0.25) is 0 Å². The van der Waals surface area contributed by atoms with Gasteiger partial charge in [-0.2, -0.15) is 5.10 Å². The molecule has 0 radical (unpaired) electrons. The first-order valence-electron chi connectivity index (χ1n) is 10.3. The van der Waals surface area contributed by atoms with Crippen LogP contribution in [0.5, 0.6) is 0 Å². The van der Waals surface area contributed by atoms with Gasteiger partial charge in [0, 0.05) is 18.7 Å². The van der Waals surface area contributed by atoms with Gasteiger partial charge in [-0.3, -0.25) is 19.2 Å². The standard InChI is InChI=1S/C19H22FN3O3.C2H4O2.C2H6/c1-12-5-4-6-15(9-12)11-23-19(26)16(7-8-21-23)13(2)18(25)22-14(3)17(24)10-20;1-2(3)4;1-2/h4-9,13-14H,10-11H2,1-3H3,(H,22,25);1H3,(H,3,4);1-2H3. The lowest BCUT2D eigenvalue weighted by Crippen LogP contribution is -2.42. The number of amides is 1. The normalized spacial score (nSPS) is 11.6. The van der Waals surface area contributed by atoms with Crippen LogP contribution in [0.15, 0.2) is 41.3 Å². The average molecular weight is 450 g/mol. The summed E-state index contributed by atoms with van der Waals surface area (Å²) < 4.78 is 13.7. The van der Waals surface area contributed by atoms with Crippen LogP contribution in [0.4, 0.5) is 4.39 Å². The molecular weight excluding hydrogens is 417 g/mol. The molecule has 0 bridgehead atoms. The molecule has 1 heterocycles. The molecule has 2 atom stereocenters. The predicted octanol–water partition coefficient (Wildman–Crippen LogP) is 2.86. The second-order valence-corrected chi connectivity index (χ2v) is 6.81. The minimum Gasteiger partial charge on any atom is -0.481 e. The van der Waals surface area contributed by atoms with Gasteiger partial charge in [0.2, 0.25) is 5.91 Å². The van der Waals surface area contributed by atoms with Gasteiger partial charge in [0.1, 0.15) is 6.67 Å². The fourth-order valence-electron chi connectivity index (χ4n) is 2.57. The fraction of sp³-hybridized carbons (Fsp3) is 0.435. The highest BCUT2D eigenvalue weighted by Gasteiger charge is 2.23. The first-order valence-corrected chi connectivity index (χ1v) is 10.3. The van der Waals surface area contributed by atoms with Crippen LogP contribution >= 0.6 is 0 Å². The third-order valence-corrected chi connectivity index (χ3v) is 4.19. The molecule has 9 heteroatoms. The van der Waals surface area contributed by atoms with Crippen molar-refractivity contribution in [3.8, 4) is 0 Å². The molecule has 0 saturated heterocycles. The van der Waals surface area contributed by atoms with Crippen molar-refractivity contribution in [2.75, 3.05) is 6.67 Å². The van der Waals surface area contributed by atoms with Gasteiger partial charge in [0.25, 0.3) is 11.5 Å². The largest absolute Gasteiger partial charge is 0.481 e. The number of carboxylic acid groups (broad SMARTS) is 1. The second kappa shape index (κ2) is 14.6. The number of hydrogen-bond donors (Lipinski definition) is 2. The molecule has 2 unspecified atom stereocenters. The molecule has 0 aliphatic heterocycles. The summed E-state index contributed by atoms with van der Waals surface area (Å²) in [6.45, 7) is 9.17. The summed E-state index contributed by atoms with van der Waals surface area (Å²) in [5.74, 6) is -2.84. The molecular formula is C23H32FN3O5. The second-order valence-electron chi connectivity index (χ2n) is 6.81. The van der Waals surface area contributed by atoms with Gasteiger partial charge in [-0.15, -0.1) is 0 Å². The predicted molar refractivity (Wildman–Crippen MR) is 120 cm³/mol. The third kappa shape index (κ3) is 9.63. The van der Waals surface area contributed by atoms with Crippen LogP contribution in [0.3, 0.4) is 0 Å². The number of nitrogens with one attached hydrogen (secondary N) is 1. The van der Waals surface area contributed by atoms with Crippen LogP contribution in [-0.4, -0.2) is 45.3 Å². The summed E-state index contributed by atoms with van der Waals surface area (Å²) in [5.41, 5.74) is 1.90. The maximum absolute atomic E-state index is 12.7. The van der Waals surface area contributed by atoms with Crippen LogP contribution in [0.25, 0.3) is 0 Å². The Kier molecular flexibility index (Phi) is 13.1. The number of nitrogens with zero attached hydrogens (tertiary/aromatic N) is 2. The lowest BCUT2D eigenvalue weighted by molar-refractivity contribution is -0.134. The van der Waals surface area contributed by atoms with Gasteiger partial charge in [0.15, 0.2) is 5.78 Å². The highest BCUT2D eigenvalue weighted by molar-refractivity contribution is 5.91. The van der Waals surface area contributed by atoms with Crippen molar-refractivity contribution in [2.24, 2.45) is 0 Å². The van der Waals surface area contributed by atoms with Gasteiger partial charge in [-0.05, 0) is 32.4 Å². The van der Waals surface area contributed by atoms with Gasteiger partial charge < -0.3 is 10.4 Å². The minimum atomic E-state index is -1.14. The van der Waals surface area contributed by atoms with E-state index in [2.05, 4.69) is 10.4 Å². The van der Waals surface area contributed by atoms with E-state index in [0.29, 0.717) is 6.54 Å². The van der Waals surface area contributed by atoms with Gasteiger partial charge in [-0.25, -0.2) is 9.07 Å². The third-order valence-electron chi connectivity index (χ3n) is 4.19. The molecule has 8 nitrogen and oxygen atoms in total. The number of rotatable bonds is 7. The Labute approximate surface area is 187 Å². The first kappa shape index (κ1) is 28.6. The molecule has 0 fully saturated rings. The van der Waals surface area contributed by atoms with Crippen LogP contribution in [0.1, 0.15) is 57.2 Å². The van der Waals surface area contributed by atoms with Crippen molar-refractivity contribution in [3.05, 3.63) is 63.6 Å². The van der Waals surface area contributed by atoms with Crippen molar-refractivity contribution in [2.45, 2.75) is 60.0 Å². The number of carbonyl (C=O) groups is 3. The number of Topliss-reactive ketones (excluding diaryl/α,β-unsaturated/α-hetero) is 1. The van der Waals surface area contributed by atoms with E-state index in [1.165, 1.54) is 23.9 Å². The molecule has 1 aromatic heterocycles. The van der Waals surface area contributed by atoms with Gasteiger partial charge in [-0.1, -0.05) is 43.7 Å². The highest BCUT2D eigenvalue weighted by atomic mass is 19.1. The summed E-state index contributed by atoms with van der Waals surface area (Å²) in [4.78, 5) is 45.3. The Morgan fingerprint density at radius 2 is 1.78 bits per heavy atom. The maximum atomic E-state index is 12.7. The molecule has 0 spiro atoms. The van der Waals surface area contributed by atoms with Crippen molar-refractivity contribution in [1.29, 1.82) is 0 Å². The number of aliphatic carboxylic acids is 1. The summed E-state index contributed by atoms with van der Waals surface area (Å²) >= 11 is 0. The number of carbonyl (C=O) groups excluding carboxylic acids is 2. The number of ketones is 1. The minimum absolute atomic E-state index is 0.269. The van der Waals surface area contributed by atoms with E-state index in [9.17, 15) is 18.8 Å². The SMILES string of the molecule is CC.CC(=O)O.Cc1cccc(Cn2nccc(C(C)C(=O)NC(C)C(=O)CF)c2=O)c1. The van der Waals surface area contributed by atoms with Crippen LogP contribution < -0.4 is 10.9 Å². The topological polar surface area (TPSA) is 118 Å². The molecule has 0 aliphatic rings. The van der Waals surface area contributed by atoms with Gasteiger partial charge in [0.05, 0.1) is 18.5 Å². The number of halogens is 1. The van der Waals surface area contributed by atoms with E-state index < -0.39 is 36.3 Å². The lowest BCUT2D eigenvalue weighted by Gasteiger charge is -2.16. The Hall–Kier alpha value is -3.36. The molecule has 2 N–H and O–H groups in total. The molecule has 1 amide bonds. The van der Waals surface area contributed by atoms with Gasteiger partial charge >= 0.3 is 0 Å². The van der Waals surface area contributed by atoms with E-state index in [-0.39, 0.29) is 11.1 Å². The fourth-order valence-corrected chi connectivity index (χ4v) is 2.57. The Morgan fingerprint density at radius 1 is 1.19 bits per heavy atom. The maximum Gasteiger partial charge on any atom is 0.300 e. The number of benzene rings is 1. The zero-order valence-corrected chi connectivity index (χ0v) is 19.4. The van der Waals surface area contributed by atoms with E-state index in [1.54, 1.807) is 6.92 Å². The monoisotopic (exact) mass is 449 g/mol. The molecule has 176 valence electrons.